The highest BCUT2D eigenvalue weighted by molar-refractivity contribution is 6.33. The summed E-state index contributed by atoms with van der Waals surface area (Å²) in [4.78, 5) is 2.39. The van der Waals surface area contributed by atoms with E-state index in [1.807, 2.05) is 18.2 Å². The average molecular weight is 255 g/mol. The van der Waals surface area contributed by atoms with E-state index in [1.54, 1.807) is 0 Å². The number of nitrogen functional groups attached to an aromatic ring is 1. The highest BCUT2D eigenvalue weighted by atomic mass is 35.5. The van der Waals surface area contributed by atoms with Gasteiger partial charge in [-0.05, 0) is 31.5 Å². The van der Waals surface area contributed by atoms with Crippen molar-refractivity contribution in [1.29, 1.82) is 0 Å². The van der Waals surface area contributed by atoms with Gasteiger partial charge in [0.15, 0.2) is 0 Å². The molecule has 2 N–H and O–H groups in total. The van der Waals surface area contributed by atoms with Gasteiger partial charge >= 0.3 is 0 Å². The Morgan fingerprint density at radius 3 is 2.59 bits per heavy atom. The summed E-state index contributed by atoms with van der Waals surface area (Å²) in [6, 6.07) is 5.85. The number of morpholine rings is 1. The summed E-state index contributed by atoms with van der Waals surface area (Å²) in [5, 5.41) is 0.636. The molecule has 1 aliphatic rings. The zero-order valence-corrected chi connectivity index (χ0v) is 11.1. The molecule has 0 spiro atoms. The molecule has 0 saturated carbocycles. The Morgan fingerprint density at radius 1 is 1.35 bits per heavy atom. The van der Waals surface area contributed by atoms with Crippen LogP contribution in [0.15, 0.2) is 18.2 Å². The van der Waals surface area contributed by atoms with Gasteiger partial charge in [0.25, 0.3) is 0 Å². The number of anilines is 1. The number of hydrogen-bond donors (Lipinski definition) is 1. The SMILES string of the molecule is CC1CN(Cc2ccc(N)c(Cl)c2)CC(C)O1. The zero-order chi connectivity index (χ0) is 12.4. The second kappa shape index (κ2) is 5.25. The summed E-state index contributed by atoms with van der Waals surface area (Å²) < 4.78 is 5.71. The van der Waals surface area contributed by atoms with E-state index in [2.05, 4.69) is 18.7 Å². The van der Waals surface area contributed by atoms with E-state index in [-0.39, 0.29) is 0 Å². The summed E-state index contributed by atoms with van der Waals surface area (Å²) in [7, 11) is 0. The third kappa shape index (κ3) is 3.35. The number of rotatable bonds is 2. The Hall–Kier alpha value is -0.770. The highest BCUT2D eigenvalue weighted by Gasteiger charge is 2.22. The molecule has 0 aromatic heterocycles. The number of nitrogens with zero attached hydrogens (tertiary/aromatic N) is 1. The first-order chi connectivity index (χ1) is 8.04. The molecule has 0 amide bonds. The lowest BCUT2D eigenvalue weighted by atomic mass is 10.1. The Balaban J connectivity index is 2.02. The van der Waals surface area contributed by atoms with E-state index in [1.165, 1.54) is 5.56 Å². The van der Waals surface area contributed by atoms with Crippen molar-refractivity contribution >= 4 is 17.3 Å². The summed E-state index contributed by atoms with van der Waals surface area (Å²) in [5.74, 6) is 0. The van der Waals surface area contributed by atoms with Gasteiger partial charge in [0.2, 0.25) is 0 Å². The molecule has 2 unspecified atom stereocenters. The van der Waals surface area contributed by atoms with Gasteiger partial charge in [-0.3, -0.25) is 4.90 Å². The van der Waals surface area contributed by atoms with Crippen LogP contribution in [0.2, 0.25) is 5.02 Å². The van der Waals surface area contributed by atoms with E-state index in [0.717, 1.165) is 19.6 Å². The van der Waals surface area contributed by atoms with Crippen molar-refractivity contribution in [3.05, 3.63) is 28.8 Å². The molecular formula is C13H19ClN2O. The molecule has 2 atom stereocenters. The van der Waals surface area contributed by atoms with Crippen molar-refractivity contribution < 1.29 is 4.74 Å². The minimum atomic E-state index is 0.294. The van der Waals surface area contributed by atoms with Crippen LogP contribution in [-0.2, 0) is 11.3 Å². The number of benzene rings is 1. The zero-order valence-electron chi connectivity index (χ0n) is 10.3. The lowest BCUT2D eigenvalue weighted by Gasteiger charge is -2.35. The first-order valence-corrected chi connectivity index (χ1v) is 6.34. The summed E-state index contributed by atoms with van der Waals surface area (Å²) >= 11 is 6.02. The van der Waals surface area contributed by atoms with Gasteiger partial charge in [0.05, 0.1) is 22.9 Å². The normalized spacial score (nSPS) is 26.1. The third-order valence-corrected chi connectivity index (χ3v) is 3.29. The van der Waals surface area contributed by atoms with Crippen LogP contribution in [-0.4, -0.2) is 30.2 Å². The van der Waals surface area contributed by atoms with Crippen molar-refractivity contribution in [2.75, 3.05) is 18.8 Å². The Bertz CT molecular complexity index is 387. The molecule has 0 bridgehead atoms. The lowest BCUT2D eigenvalue weighted by Crippen LogP contribution is -2.44. The van der Waals surface area contributed by atoms with Crippen LogP contribution in [0.25, 0.3) is 0 Å². The standard InChI is InChI=1S/C13H19ClN2O/c1-9-6-16(7-10(2)17-9)8-11-3-4-13(15)12(14)5-11/h3-5,9-10H,6-8,15H2,1-2H3. The predicted molar refractivity (Wildman–Crippen MR) is 71.2 cm³/mol. The molecule has 0 radical (unpaired) electrons. The van der Waals surface area contributed by atoms with Gasteiger partial charge in [-0.15, -0.1) is 0 Å². The summed E-state index contributed by atoms with van der Waals surface area (Å²) in [6.07, 6.45) is 0.589. The van der Waals surface area contributed by atoms with Crippen LogP contribution in [0.5, 0.6) is 0 Å². The molecule has 1 heterocycles. The molecule has 1 aromatic rings. The van der Waals surface area contributed by atoms with E-state index in [4.69, 9.17) is 22.1 Å². The van der Waals surface area contributed by atoms with E-state index in [0.29, 0.717) is 22.9 Å². The molecule has 94 valence electrons. The van der Waals surface area contributed by atoms with Crippen LogP contribution < -0.4 is 5.73 Å². The van der Waals surface area contributed by atoms with Crippen LogP contribution >= 0.6 is 11.6 Å². The molecule has 1 saturated heterocycles. The molecule has 1 aromatic carbocycles. The molecule has 17 heavy (non-hydrogen) atoms. The maximum Gasteiger partial charge on any atom is 0.0678 e. The fourth-order valence-electron chi connectivity index (χ4n) is 2.34. The molecular weight excluding hydrogens is 236 g/mol. The van der Waals surface area contributed by atoms with Gasteiger partial charge in [-0.25, -0.2) is 0 Å². The Morgan fingerprint density at radius 2 is 2.00 bits per heavy atom. The van der Waals surface area contributed by atoms with E-state index < -0.39 is 0 Å². The van der Waals surface area contributed by atoms with Gasteiger partial charge in [0, 0.05) is 19.6 Å². The van der Waals surface area contributed by atoms with Crippen LogP contribution in [0.3, 0.4) is 0 Å². The van der Waals surface area contributed by atoms with Crippen molar-refractivity contribution in [1.82, 2.24) is 4.90 Å². The van der Waals surface area contributed by atoms with Gasteiger partial charge in [0.1, 0.15) is 0 Å². The van der Waals surface area contributed by atoms with Gasteiger partial charge in [-0.1, -0.05) is 17.7 Å². The summed E-state index contributed by atoms with van der Waals surface area (Å²) in [6.45, 7) is 7.05. The predicted octanol–water partition coefficient (Wildman–Crippen LogP) is 2.53. The van der Waals surface area contributed by atoms with Crippen molar-refractivity contribution in [3.63, 3.8) is 0 Å². The first kappa shape index (κ1) is 12.7. The fourth-order valence-corrected chi connectivity index (χ4v) is 2.54. The number of halogens is 1. The first-order valence-electron chi connectivity index (χ1n) is 5.96. The minimum absolute atomic E-state index is 0.294. The topological polar surface area (TPSA) is 38.5 Å². The number of ether oxygens (including phenoxy) is 1. The minimum Gasteiger partial charge on any atom is -0.398 e. The third-order valence-electron chi connectivity index (χ3n) is 2.97. The van der Waals surface area contributed by atoms with Gasteiger partial charge in [-0.2, -0.15) is 0 Å². The molecule has 0 aliphatic carbocycles. The van der Waals surface area contributed by atoms with Crippen molar-refractivity contribution in [3.8, 4) is 0 Å². The largest absolute Gasteiger partial charge is 0.398 e. The quantitative estimate of drug-likeness (QED) is 0.825. The Kier molecular flexibility index (Phi) is 3.92. The van der Waals surface area contributed by atoms with Crippen LogP contribution in [0, 0.1) is 0 Å². The Labute approximate surface area is 107 Å². The fraction of sp³-hybridized carbons (Fsp3) is 0.538. The van der Waals surface area contributed by atoms with Crippen molar-refractivity contribution in [2.45, 2.75) is 32.6 Å². The lowest BCUT2D eigenvalue weighted by molar-refractivity contribution is -0.0704. The van der Waals surface area contributed by atoms with E-state index in [9.17, 15) is 0 Å². The van der Waals surface area contributed by atoms with Gasteiger partial charge < -0.3 is 10.5 Å². The second-order valence-electron chi connectivity index (χ2n) is 4.81. The second-order valence-corrected chi connectivity index (χ2v) is 5.21. The maximum atomic E-state index is 6.02. The smallest absolute Gasteiger partial charge is 0.0678 e. The molecule has 2 rings (SSSR count). The number of hydrogen-bond acceptors (Lipinski definition) is 3. The van der Waals surface area contributed by atoms with Crippen molar-refractivity contribution in [2.24, 2.45) is 0 Å². The summed E-state index contributed by atoms with van der Waals surface area (Å²) in [5.41, 5.74) is 7.54. The van der Waals surface area contributed by atoms with E-state index >= 15 is 0 Å². The molecule has 1 fully saturated rings. The maximum absolute atomic E-state index is 6.02. The van der Waals surface area contributed by atoms with Crippen LogP contribution in [0.4, 0.5) is 5.69 Å². The molecule has 3 nitrogen and oxygen atoms in total. The highest BCUT2D eigenvalue weighted by Crippen LogP contribution is 2.21. The average Bonchev–Trinajstić information content (AvgIpc) is 2.22. The molecule has 1 aliphatic heterocycles. The molecule has 4 heteroatoms. The monoisotopic (exact) mass is 254 g/mol. The van der Waals surface area contributed by atoms with Crippen LogP contribution in [0.1, 0.15) is 19.4 Å². The number of nitrogens with two attached hydrogens (primary N) is 1.